The standard InChI is InChI=1S/C15H23N3O2/c1-11(12-5-6-12)18-13(9-16-15(18)10-20-4)14(19)7-8-17(2)3/h7-9,11-12H,5-6,10H2,1-4H3. The van der Waals surface area contributed by atoms with Gasteiger partial charge in [0.05, 0.1) is 6.20 Å². The zero-order valence-corrected chi connectivity index (χ0v) is 12.7. The molecule has 2 rings (SSSR count). The lowest BCUT2D eigenvalue weighted by atomic mass is 10.2. The van der Waals surface area contributed by atoms with Crippen LogP contribution < -0.4 is 0 Å². The van der Waals surface area contributed by atoms with E-state index in [4.69, 9.17) is 4.74 Å². The van der Waals surface area contributed by atoms with E-state index in [0.29, 0.717) is 24.3 Å². The van der Waals surface area contributed by atoms with Gasteiger partial charge in [-0.25, -0.2) is 4.98 Å². The highest BCUT2D eigenvalue weighted by molar-refractivity contribution is 6.03. The van der Waals surface area contributed by atoms with Crippen molar-refractivity contribution in [3.63, 3.8) is 0 Å². The largest absolute Gasteiger partial charge is 0.383 e. The number of imidazole rings is 1. The molecule has 0 amide bonds. The van der Waals surface area contributed by atoms with Crippen LogP contribution in [0.4, 0.5) is 0 Å². The lowest BCUT2D eigenvalue weighted by molar-refractivity contribution is 0.103. The van der Waals surface area contributed by atoms with E-state index in [0.717, 1.165) is 5.82 Å². The van der Waals surface area contributed by atoms with Gasteiger partial charge in [0.2, 0.25) is 5.78 Å². The lowest BCUT2D eigenvalue weighted by Crippen LogP contribution is -2.17. The molecule has 20 heavy (non-hydrogen) atoms. The number of carbonyl (C=O) groups excluding carboxylic acids is 1. The number of rotatable bonds is 7. The Labute approximate surface area is 120 Å². The van der Waals surface area contributed by atoms with Crippen molar-refractivity contribution in [1.82, 2.24) is 14.5 Å². The van der Waals surface area contributed by atoms with Crippen molar-refractivity contribution in [1.29, 1.82) is 0 Å². The summed E-state index contributed by atoms with van der Waals surface area (Å²) in [4.78, 5) is 18.5. The van der Waals surface area contributed by atoms with Gasteiger partial charge in [-0.3, -0.25) is 4.79 Å². The molecular weight excluding hydrogens is 254 g/mol. The summed E-state index contributed by atoms with van der Waals surface area (Å²) >= 11 is 0. The number of methoxy groups -OCH3 is 1. The first-order valence-electron chi connectivity index (χ1n) is 6.98. The van der Waals surface area contributed by atoms with Gasteiger partial charge in [-0.05, 0) is 25.7 Å². The maximum absolute atomic E-state index is 12.3. The molecular formula is C15H23N3O2. The highest BCUT2D eigenvalue weighted by Crippen LogP contribution is 2.40. The van der Waals surface area contributed by atoms with Crippen molar-refractivity contribution in [2.24, 2.45) is 5.92 Å². The van der Waals surface area contributed by atoms with Crippen molar-refractivity contribution in [3.05, 3.63) is 30.0 Å². The number of hydrogen-bond donors (Lipinski definition) is 0. The van der Waals surface area contributed by atoms with Crippen LogP contribution in [0.1, 0.15) is 42.1 Å². The smallest absolute Gasteiger partial charge is 0.205 e. The molecule has 1 saturated carbocycles. The van der Waals surface area contributed by atoms with E-state index < -0.39 is 0 Å². The normalized spacial score (nSPS) is 16.6. The molecule has 0 saturated heterocycles. The van der Waals surface area contributed by atoms with Gasteiger partial charge in [0.15, 0.2) is 0 Å². The molecule has 1 aromatic rings. The molecule has 0 bridgehead atoms. The first kappa shape index (κ1) is 14.8. The second-order valence-corrected chi connectivity index (χ2v) is 5.58. The fraction of sp³-hybridized carbons (Fsp3) is 0.600. The Hall–Kier alpha value is -1.62. The maximum atomic E-state index is 12.3. The number of allylic oxidation sites excluding steroid dienone is 1. The third kappa shape index (κ3) is 3.28. The second kappa shape index (κ2) is 6.22. The Morgan fingerprint density at radius 3 is 2.85 bits per heavy atom. The molecule has 0 radical (unpaired) electrons. The minimum Gasteiger partial charge on any atom is -0.383 e. The maximum Gasteiger partial charge on any atom is 0.205 e. The Balaban J connectivity index is 2.29. The van der Waals surface area contributed by atoms with Gasteiger partial charge in [0, 0.05) is 39.5 Å². The first-order chi connectivity index (χ1) is 9.54. The Morgan fingerprint density at radius 1 is 1.60 bits per heavy atom. The number of ketones is 1. The van der Waals surface area contributed by atoms with Gasteiger partial charge in [-0.15, -0.1) is 0 Å². The van der Waals surface area contributed by atoms with E-state index in [9.17, 15) is 4.79 Å². The average molecular weight is 277 g/mol. The monoisotopic (exact) mass is 277 g/mol. The quantitative estimate of drug-likeness (QED) is 0.566. The lowest BCUT2D eigenvalue weighted by Gasteiger charge is -2.18. The van der Waals surface area contributed by atoms with E-state index >= 15 is 0 Å². The molecule has 1 atom stereocenters. The zero-order valence-electron chi connectivity index (χ0n) is 12.7. The summed E-state index contributed by atoms with van der Waals surface area (Å²) in [5, 5.41) is 0. The van der Waals surface area contributed by atoms with Crippen LogP contribution in [0.3, 0.4) is 0 Å². The van der Waals surface area contributed by atoms with Crippen LogP contribution in [0.5, 0.6) is 0 Å². The molecule has 110 valence electrons. The van der Waals surface area contributed by atoms with E-state index in [1.54, 1.807) is 25.6 Å². The number of ether oxygens (including phenoxy) is 1. The van der Waals surface area contributed by atoms with Crippen LogP contribution in [-0.4, -0.2) is 41.4 Å². The Kier molecular flexibility index (Phi) is 4.60. The van der Waals surface area contributed by atoms with E-state index in [-0.39, 0.29) is 5.78 Å². The summed E-state index contributed by atoms with van der Waals surface area (Å²) < 4.78 is 7.23. The van der Waals surface area contributed by atoms with Gasteiger partial charge in [-0.2, -0.15) is 0 Å². The van der Waals surface area contributed by atoms with Crippen LogP contribution in [0.15, 0.2) is 18.5 Å². The average Bonchev–Trinajstić information content (AvgIpc) is 3.17. The summed E-state index contributed by atoms with van der Waals surface area (Å²) in [6.45, 7) is 2.59. The van der Waals surface area contributed by atoms with Crippen LogP contribution in [-0.2, 0) is 11.3 Å². The predicted octanol–water partition coefficient (Wildman–Crippen LogP) is 2.26. The summed E-state index contributed by atoms with van der Waals surface area (Å²) in [6, 6.07) is 0.300. The minimum atomic E-state index is -0.0129. The molecule has 1 fully saturated rings. The topological polar surface area (TPSA) is 47.4 Å². The predicted molar refractivity (Wildman–Crippen MR) is 77.5 cm³/mol. The minimum absolute atomic E-state index is 0.0129. The van der Waals surface area contributed by atoms with Gasteiger partial charge < -0.3 is 14.2 Å². The number of hydrogen-bond acceptors (Lipinski definition) is 4. The molecule has 5 nitrogen and oxygen atoms in total. The van der Waals surface area contributed by atoms with Gasteiger partial charge in [0.25, 0.3) is 0 Å². The van der Waals surface area contributed by atoms with Crippen LogP contribution >= 0.6 is 0 Å². The molecule has 5 heteroatoms. The molecule has 1 aromatic heterocycles. The fourth-order valence-electron chi connectivity index (χ4n) is 2.36. The van der Waals surface area contributed by atoms with Crippen LogP contribution in [0.2, 0.25) is 0 Å². The number of carbonyl (C=O) groups is 1. The second-order valence-electron chi connectivity index (χ2n) is 5.58. The van der Waals surface area contributed by atoms with Crippen molar-refractivity contribution in [2.75, 3.05) is 21.2 Å². The summed E-state index contributed by atoms with van der Waals surface area (Å²) in [5.41, 5.74) is 0.648. The van der Waals surface area contributed by atoms with Crippen molar-refractivity contribution in [2.45, 2.75) is 32.4 Å². The van der Waals surface area contributed by atoms with Crippen LogP contribution in [0, 0.1) is 5.92 Å². The SMILES string of the molecule is COCc1ncc(C(=O)C=CN(C)C)n1C(C)C1CC1. The molecule has 0 N–H and O–H groups in total. The molecule has 1 aliphatic rings. The van der Waals surface area contributed by atoms with Crippen molar-refractivity contribution < 1.29 is 9.53 Å². The third-order valence-corrected chi connectivity index (χ3v) is 3.63. The van der Waals surface area contributed by atoms with E-state index in [2.05, 4.69) is 11.9 Å². The zero-order chi connectivity index (χ0) is 14.7. The molecule has 0 spiro atoms. The first-order valence-corrected chi connectivity index (χ1v) is 6.98. The Bertz CT molecular complexity index is 501. The molecule has 0 aromatic carbocycles. The van der Waals surface area contributed by atoms with Gasteiger partial charge >= 0.3 is 0 Å². The van der Waals surface area contributed by atoms with Gasteiger partial charge in [0.1, 0.15) is 18.1 Å². The molecule has 0 aliphatic heterocycles. The summed E-state index contributed by atoms with van der Waals surface area (Å²) in [5.74, 6) is 1.47. The molecule has 1 aliphatic carbocycles. The van der Waals surface area contributed by atoms with Crippen LogP contribution in [0.25, 0.3) is 0 Å². The summed E-state index contributed by atoms with van der Waals surface area (Å²) in [6.07, 6.45) is 7.47. The highest BCUT2D eigenvalue weighted by Gasteiger charge is 2.32. The van der Waals surface area contributed by atoms with E-state index in [1.807, 2.05) is 23.6 Å². The third-order valence-electron chi connectivity index (χ3n) is 3.63. The van der Waals surface area contributed by atoms with Gasteiger partial charge in [-0.1, -0.05) is 0 Å². The molecule has 1 unspecified atom stereocenters. The van der Waals surface area contributed by atoms with E-state index in [1.165, 1.54) is 12.8 Å². The molecule has 1 heterocycles. The van der Waals surface area contributed by atoms with Crippen molar-refractivity contribution in [3.8, 4) is 0 Å². The highest BCUT2D eigenvalue weighted by atomic mass is 16.5. The fourth-order valence-corrected chi connectivity index (χ4v) is 2.36. The number of nitrogens with zero attached hydrogens (tertiary/aromatic N) is 3. The number of aromatic nitrogens is 2. The Morgan fingerprint density at radius 2 is 2.30 bits per heavy atom. The van der Waals surface area contributed by atoms with Crippen molar-refractivity contribution >= 4 is 5.78 Å². The summed E-state index contributed by atoms with van der Waals surface area (Å²) in [7, 11) is 5.43.